The third kappa shape index (κ3) is 4.98. The van der Waals surface area contributed by atoms with Crippen molar-refractivity contribution in [1.82, 2.24) is 5.32 Å². The van der Waals surface area contributed by atoms with Crippen molar-refractivity contribution in [3.63, 3.8) is 0 Å². The zero-order valence-electron chi connectivity index (χ0n) is 10.8. The van der Waals surface area contributed by atoms with Crippen LogP contribution in [0.1, 0.15) is 40.5 Å². The first kappa shape index (κ1) is 13.0. The molecule has 0 aromatic heterocycles. The van der Waals surface area contributed by atoms with Crippen molar-refractivity contribution >= 4 is 0 Å². The number of hydrogen-bond donors (Lipinski definition) is 1. The molecule has 1 fully saturated rings. The lowest BCUT2D eigenvalue weighted by atomic mass is 9.90. The second-order valence-corrected chi connectivity index (χ2v) is 5.60. The van der Waals surface area contributed by atoms with Gasteiger partial charge in [-0.25, -0.2) is 0 Å². The van der Waals surface area contributed by atoms with Crippen molar-refractivity contribution in [2.45, 2.75) is 46.6 Å². The summed E-state index contributed by atoms with van der Waals surface area (Å²) < 4.78 is 5.77. The van der Waals surface area contributed by atoms with E-state index in [9.17, 15) is 0 Å². The van der Waals surface area contributed by atoms with Gasteiger partial charge >= 0.3 is 0 Å². The van der Waals surface area contributed by atoms with Crippen LogP contribution in [0.15, 0.2) is 0 Å². The van der Waals surface area contributed by atoms with Crippen LogP contribution in [0.2, 0.25) is 0 Å². The van der Waals surface area contributed by atoms with E-state index in [0.29, 0.717) is 12.0 Å². The Labute approximate surface area is 94.8 Å². The summed E-state index contributed by atoms with van der Waals surface area (Å²) in [6.45, 7) is 12.3. The van der Waals surface area contributed by atoms with Crippen LogP contribution >= 0.6 is 0 Å². The minimum atomic E-state index is 0.490. The SMILES string of the molecule is CC(C)CNCC1CCOC(C(C)C)C1. The standard InChI is InChI=1S/C13H27NO/c1-10(2)8-14-9-12-5-6-15-13(7-12)11(3)4/h10-14H,5-9H2,1-4H3. The fraction of sp³-hybridized carbons (Fsp3) is 1.00. The molecule has 2 nitrogen and oxygen atoms in total. The van der Waals surface area contributed by atoms with E-state index >= 15 is 0 Å². The predicted octanol–water partition coefficient (Wildman–Crippen LogP) is 2.68. The summed E-state index contributed by atoms with van der Waals surface area (Å²) in [6, 6.07) is 0. The second-order valence-electron chi connectivity index (χ2n) is 5.60. The first-order valence-electron chi connectivity index (χ1n) is 6.42. The third-order valence-electron chi connectivity index (χ3n) is 3.15. The summed E-state index contributed by atoms with van der Waals surface area (Å²) in [5, 5.41) is 3.56. The predicted molar refractivity (Wildman–Crippen MR) is 65.0 cm³/mol. The van der Waals surface area contributed by atoms with Gasteiger partial charge in [-0.15, -0.1) is 0 Å². The van der Waals surface area contributed by atoms with E-state index in [-0.39, 0.29) is 0 Å². The van der Waals surface area contributed by atoms with Crippen LogP contribution in [0.5, 0.6) is 0 Å². The molecule has 0 amide bonds. The highest BCUT2D eigenvalue weighted by Crippen LogP contribution is 2.24. The van der Waals surface area contributed by atoms with Gasteiger partial charge in [-0.2, -0.15) is 0 Å². The van der Waals surface area contributed by atoms with Gasteiger partial charge in [0.25, 0.3) is 0 Å². The molecular formula is C13H27NO. The third-order valence-corrected chi connectivity index (χ3v) is 3.15. The highest BCUT2D eigenvalue weighted by molar-refractivity contribution is 4.75. The van der Waals surface area contributed by atoms with Crippen molar-refractivity contribution in [1.29, 1.82) is 0 Å². The average molecular weight is 213 g/mol. The number of ether oxygens (including phenoxy) is 1. The normalized spacial score (nSPS) is 27.6. The van der Waals surface area contributed by atoms with E-state index in [0.717, 1.165) is 25.0 Å². The summed E-state index contributed by atoms with van der Waals surface area (Å²) in [4.78, 5) is 0. The van der Waals surface area contributed by atoms with Crippen LogP contribution in [0, 0.1) is 17.8 Å². The fourth-order valence-electron chi connectivity index (χ4n) is 2.13. The molecule has 1 heterocycles. The van der Waals surface area contributed by atoms with Crippen LogP contribution in [0.4, 0.5) is 0 Å². The van der Waals surface area contributed by atoms with Crippen LogP contribution < -0.4 is 5.32 Å². The van der Waals surface area contributed by atoms with Crippen molar-refractivity contribution in [3.05, 3.63) is 0 Å². The molecule has 15 heavy (non-hydrogen) atoms. The van der Waals surface area contributed by atoms with E-state index in [1.165, 1.54) is 19.4 Å². The first-order chi connectivity index (χ1) is 7.09. The lowest BCUT2D eigenvalue weighted by Crippen LogP contribution is -2.35. The Balaban J connectivity index is 2.18. The molecular weight excluding hydrogens is 186 g/mol. The Morgan fingerprint density at radius 2 is 2.00 bits per heavy atom. The Morgan fingerprint density at radius 3 is 2.60 bits per heavy atom. The van der Waals surface area contributed by atoms with Crippen molar-refractivity contribution in [3.8, 4) is 0 Å². The molecule has 1 rings (SSSR count). The maximum absolute atomic E-state index is 5.77. The van der Waals surface area contributed by atoms with Crippen LogP contribution in [0.25, 0.3) is 0 Å². The number of hydrogen-bond acceptors (Lipinski definition) is 2. The molecule has 2 atom stereocenters. The van der Waals surface area contributed by atoms with Crippen molar-refractivity contribution < 1.29 is 4.74 Å². The molecule has 0 aliphatic carbocycles. The molecule has 0 aromatic rings. The van der Waals surface area contributed by atoms with Crippen molar-refractivity contribution in [2.75, 3.05) is 19.7 Å². The minimum Gasteiger partial charge on any atom is -0.378 e. The Morgan fingerprint density at radius 1 is 1.27 bits per heavy atom. The lowest BCUT2D eigenvalue weighted by molar-refractivity contribution is -0.0336. The van der Waals surface area contributed by atoms with Gasteiger partial charge in [-0.1, -0.05) is 27.7 Å². The monoisotopic (exact) mass is 213 g/mol. The lowest BCUT2D eigenvalue weighted by Gasteiger charge is -2.32. The Bertz CT molecular complexity index is 168. The van der Waals surface area contributed by atoms with Gasteiger partial charge < -0.3 is 10.1 Å². The number of rotatable bonds is 5. The van der Waals surface area contributed by atoms with Gasteiger partial charge in [0.1, 0.15) is 0 Å². The Kier molecular flexibility index (Phi) is 5.62. The van der Waals surface area contributed by atoms with Gasteiger partial charge in [-0.05, 0) is 43.7 Å². The average Bonchev–Trinajstić information content (AvgIpc) is 2.17. The van der Waals surface area contributed by atoms with Gasteiger partial charge in [0.2, 0.25) is 0 Å². The van der Waals surface area contributed by atoms with E-state index in [2.05, 4.69) is 33.0 Å². The van der Waals surface area contributed by atoms with Crippen molar-refractivity contribution in [2.24, 2.45) is 17.8 Å². The van der Waals surface area contributed by atoms with E-state index in [1.807, 2.05) is 0 Å². The molecule has 0 spiro atoms. The van der Waals surface area contributed by atoms with Crippen LogP contribution in [0.3, 0.4) is 0 Å². The molecule has 0 bridgehead atoms. The quantitative estimate of drug-likeness (QED) is 0.758. The molecule has 2 heteroatoms. The first-order valence-corrected chi connectivity index (χ1v) is 6.42. The maximum Gasteiger partial charge on any atom is 0.0601 e. The van der Waals surface area contributed by atoms with Gasteiger partial charge in [0.05, 0.1) is 6.10 Å². The van der Waals surface area contributed by atoms with Gasteiger partial charge in [0, 0.05) is 6.61 Å². The smallest absolute Gasteiger partial charge is 0.0601 e. The fourth-order valence-corrected chi connectivity index (χ4v) is 2.13. The van der Waals surface area contributed by atoms with E-state index < -0.39 is 0 Å². The zero-order chi connectivity index (χ0) is 11.3. The van der Waals surface area contributed by atoms with Crippen LogP contribution in [-0.4, -0.2) is 25.8 Å². The van der Waals surface area contributed by atoms with Gasteiger partial charge in [0.15, 0.2) is 0 Å². The molecule has 1 N–H and O–H groups in total. The summed E-state index contributed by atoms with van der Waals surface area (Å²) in [7, 11) is 0. The molecule has 1 aliphatic rings. The molecule has 90 valence electrons. The highest BCUT2D eigenvalue weighted by Gasteiger charge is 2.24. The molecule has 1 aliphatic heterocycles. The van der Waals surface area contributed by atoms with Crippen LogP contribution in [-0.2, 0) is 4.74 Å². The maximum atomic E-state index is 5.77. The molecule has 0 aromatic carbocycles. The highest BCUT2D eigenvalue weighted by atomic mass is 16.5. The molecule has 2 unspecified atom stereocenters. The summed E-state index contributed by atoms with van der Waals surface area (Å²) >= 11 is 0. The molecule has 0 saturated carbocycles. The zero-order valence-corrected chi connectivity index (χ0v) is 10.8. The summed E-state index contributed by atoms with van der Waals surface area (Å²) in [5.41, 5.74) is 0. The summed E-state index contributed by atoms with van der Waals surface area (Å²) in [5.74, 6) is 2.24. The van der Waals surface area contributed by atoms with Gasteiger partial charge in [-0.3, -0.25) is 0 Å². The second kappa shape index (κ2) is 6.49. The Hall–Kier alpha value is -0.0800. The topological polar surface area (TPSA) is 21.3 Å². The van der Waals surface area contributed by atoms with E-state index in [1.54, 1.807) is 0 Å². The minimum absolute atomic E-state index is 0.490. The largest absolute Gasteiger partial charge is 0.378 e. The summed E-state index contributed by atoms with van der Waals surface area (Å²) in [6.07, 6.45) is 2.96. The molecule has 1 saturated heterocycles. The number of nitrogens with one attached hydrogen (secondary N) is 1. The van der Waals surface area contributed by atoms with E-state index in [4.69, 9.17) is 4.74 Å². The molecule has 0 radical (unpaired) electrons.